The topological polar surface area (TPSA) is 115 Å². The number of amides is 2. The Balaban J connectivity index is 1.63. The molecule has 0 aliphatic carbocycles. The number of sulfonamides is 1. The summed E-state index contributed by atoms with van der Waals surface area (Å²) in [7, 11) is -3.96. The predicted molar refractivity (Wildman–Crippen MR) is 104 cm³/mol. The highest BCUT2D eigenvalue weighted by Crippen LogP contribution is 2.32. The largest absolute Gasteiger partial charge is 0.490 e. The van der Waals surface area contributed by atoms with Gasteiger partial charge in [0.15, 0.2) is 11.3 Å². The minimum atomic E-state index is -3.96. The molecule has 2 amide bonds. The first-order valence-corrected chi connectivity index (χ1v) is 10.5. The van der Waals surface area contributed by atoms with Crippen LogP contribution in [0.4, 0.5) is 0 Å². The zero-order chi connectivity index (χ0) is 20.8. The number of hydrogen-bond acceptors (Lipinski definition) is 6. The van der Waals surface area contributed by atoms with Gasteiger partial charge < -0.3 is 9.15 Å². The van der Waals surface area contributed by atoms with Crippen LogP contribution >= 0.6 is 0 Å². The summed E-state index contributed by atoms with van der Waals surface area (Å²) in [5, 5.41) is 2.93. The number of carbonyl (C=O) groups is 2. The standard InChI is InChI=1S/C20H18N2O6S/c1-3-27-16-6-4-5-12-9-17(28-18(12)16)11(2)22-29(25,26)13-7-8-14-15(10-13)20(24)21-19(14)23/h4-11,22H,3H2,1-2H3,(H,21,23,24). The average Bonchev–Trinajstić information content (AvgIpc) is 3.24. The molecule has 2 N–H and O–H groups in total. The maximum absolute atomic E-state index is 12.8. The van der Waals surface area contributed by atoms with Gasteiger partial charge in [-0.05, 0) is 44.2 Å². The fraction of sp³-hybridized carbons (Fsp3) is 0.200. The molecule has 1 unspecified atom stereocenters. The van der Waals surface area contributed by atoms with Crippen LogP contribution < -0.4 is 14.8 Å². The van der Waals surface area contributed by atoms with Crippen molar-refractivity contribution < 1.29 is 27.2 Å². The minimum absolute atomic E-state index is 0.0376. The number of rotatable bonds is 6. The van der Waals surface area contributed by atoms with Crippen molar-refractivity contribution in [3.05, 3.63) is 59.4 Å². The second kappa shape index (κ2) is 7.02. The number of carbonyl (C=O) groups excluding carboxylic acids is 2. The summed E-state index contributed by atoms with van der Waals surface area (Å²) in [6, 6.07) is 10.3. The number of fused-ring (bicyclic) bond motifs is 2. The Labute approximate surface area is 166 Å². The summed E-state index contributed by atoms with van der Waals surface area (Å²) in [5.41, 5.74) is 0.737. The van der Waals surface area contributed by atoms with Gasteiger partial charge in [-0.2, -0.15) is 0 Å². The molecule has 1 aliphatic heterocycles. The lowest BCUT2D eigenvalue weighted by molar-refractivity contribution is 0.0879. The van der Waals surface area contributed by atoms with Gasteiger partial charge in [-0.25, -0.2) is 13.1 Å². The molecule has 0 saturated heterocycles. The van der Waals surface area contributed by atoms with E-state index < -0.39 is 27.9 Å². The highest BCUT2D eigenvalue weighted by atomic mass is 32.2. The van der Waals surface area contributed by atoms with Gasteiger partial charge in [0, 0.05) is 5.39 Å². The molecule has 4 rings (SSSR count). The molecule has 0 fully saturated rings. The Morgan fingerprint density at radius 1 is 1.10 bits per heavy atom. The SMILES string of the molecule is CCOc1cccc2cc(C(C)NS(=O)(=O)c3ccc4c(c3)C(=O)NC4=O)oc12. The quantitative estimate of drug-likeness (QED) is 0.600. The maximum Gasteiger partial charge on any atom is 0.258 e. The molecule has 2 aromatic carbocycles. The van der Waals surface area contributed by atoms with E-state index in [1.807, 2.05) is 19.1 Å². The van der Waals surface area contributed by atoms with Gasteiger partial charge in [0.05, 0.1) is 28.7 Å². The number of hydrogen-bond donors (Lipinski definition) is 2. The minimum Gasteiger partial charge on any atom is -0.490 e. The first-order chi connectivity index (χ1) is 13.8. The summed E-state index contributed by atoms with van der Waals surface area (Å²) < 4.78 is 39.5. The van der Waals surface area contributed by atoms with E-state index in [0.717, 1.165) is 5.39 Å². The zero-order valence-corrected chi connectivity index (χ0v) is 16.5. The normalized spacial score (nSPS) is 14.7. The molecule has 0 radical (unpaired) electrons. The molecule has 0 spiro atoms. The van der Waals surface area contributed by atoms with Crippen LogP contribution in [-0.2, 0) is 10.0 Å². The van der Waals surface area contributed by atoms with Crippen LogP contribution in [0.15, 0.2) is 51.8 Å². The van der Waals surface area contributed by atoms with Crippen LogP contribution in [0.3, 0.4) is 0 Å². The Bertz CT molecular complexity index is 1250. The molecular formula is C20H18N2O6S. The summed E-state index contributed by atoms with van der Waals surface area (Å²) in [5.74, 6) is -0.149. The highest BCUT2D eigenvalue weighted by Gasteiger charge is 2.29. The van der Waals surface area contributed by atoms with Crippen LogP contribution in [0.1, 0.15) is 46.4 Å². The Hall–Kier alpha value is -3.17. The molecule has 2 heterocycles. The number of nitrogens with one attached hydrogen (secondary N) is 2. The Kier molecular flexibility index (Phi) is 4.64. The number of para-hydroxylation sites is 1. The summed E-state index contributed by atoms with van der Waals surface area (Å²) in [4.78, 5) is 23.3. The third kappa shape index (κ3) is 3.39. The number of furan rings is 1. The molecule has 8 nitrogen and oxygen atoms in total. The van der Waals surface area contributed by atoms with E-state index in [2.05, 4.69) is 10.0 Å². The van der Waals surface area contributed by atoms with E-state index in [4.69, 9.17) is 9.15 Å². The number of benzene rings is 2. The van der Waals surface area contributed by atoms with Gasteiger partial charge in [-0.15, -0.1) is 0 Å². The first-order valence-electron chi connectivity index (χ1n) is 8.97. The molecule has 1 atom stereocenters. The van der Waals surface area contributed by atoms with E-state index in [-0.39, 0.29) is 16.0 Å². The van der Waals surface area contributed by atoms with E-state index in [9.17, 15) is 18.0 Å². The van der Waals surface area contributed by atoms with E-state index >= 15 is 0 Å². The lowest BCUT2D eigenvalue weighted by Gasteiger charge is -2.12. The molecule has 29 heavy (non-hydrogen) atoms. The summed E-state index contributed by atoms with van der Waals surface area (Å²) >= 11 is 0. The van der Waals surface area contributed by atoms with E-state index in [1.54, 1.807) is 19.1 Å². The maximum atomic E-state index is 12.8. The lowest BCUT2D eigenvalue weighted by atomic mass is 10.1. The van der Waals surface area contributed by atoms with Crippen LogP contribution in [0, 0.1) is 0 Å². The van der Waals surface area contributed by atoms with Gasteiger partial charge >= 0.3 is 0 Å². The average molecular weight is 414 g/mol. The Morgan fingerprint density at radius 2 is 1.86 bits per heavy atom. The van der Waals surface area contributed by atoms with Crippen LogP contribution in [0.25, 0.3) is 11.0 Å². The van der Waals surface area contributed by atoms with Crippen LogP contribution in [0.2, 0.25) is 0 Å². The molecule has 3 aromatic rings. The number of imide groups is 1. The predicted octanol–water partition coefficient (Wildman–Crippen LogP) is 2.75. The van der Waals surface area contributed by atoms with Gasteiger partial charge in [-0.1, -0.05) is 12.1 Å². The van der Waals surface area contributed by atoms with Crippen molar-refractivity contribution in [1.82, 2.24) is 10.0 Å². The van der Waals surface area contributed by atoms with E-state index in [0.29, 0.717) is 23.7 Å². The second-order valence-corrected chi connectivity index (χ2v) is 8.30. The molecule has 1 aliphatic rings. The smallest absolute Gasteiger partial charge is 0.258 e. The lowest BCUT2D eigenvalue weighted by Crippen LogP contribution is -2.26. The third-order valence-corrected chi connectivity index (χ3v) is 6.14. The molecule has 1 aromatic heterocycles. The van der Waals surface area contributed by atoms with Crippen molar-refractivity contribution in [1.29, 1.82) is 0 Å². The first kappa shape index (κ1) is 19.2. The molecule has 9 heteroatoms. The summed E-state index contributed by atoms with van der Waals surface area (Å²) in [6.07, 6.45) is 0. The van der Waals surface area contributed by atoms with Crippen molar-refractivity contribution in [2.45, 2.75) is 24.8 Å². The van der Waals surface area contributed by atoms with Crippen LogP contribution in [0.5, 0.6) is 5.75 Å². The molecule has 0 bridgehead atoms. The third-order valence-electron chi connectivity index (χ3n) is 4.60. The molecule has 150 valence electrons. The van der Waals surface area contributed by atoms with Crippen molar-refractivity contribution in [2.75, 3.05) is 6.61 Å². The van der Waals surface area contributed by atoms with E-state index in [1.165, 1.54) is 18.2 Å². The molecular weight excluding hydrogens is 396 g/mol. The second-order valence-electron chi connectivity index (χ2n) is 6.59. The van der Waals surface area contributed by atoms with Crippen molar-refractivity contribution in [3.8, 4) is 5.75 Å². The van der Waals surface area contributed by atoms with Crippen molar-refractivity contribution in [3.63, 3.8) is 0 Å². The van der Waals surface area contributed by atoms with Gasteiger partial charge in [0.25, 0.3) is 11.8 Å². The highest BCUT2D eigenvalue weighted by molar-refractivity contribution is 7.89. The fourth-order valence-corrected chi connectivity index (χ4v) is 4.45. The van der Waals surface area contributed by atoms with Gasteiger partial charge in [-0.3, -0.25) is 14.9 Å². The van der Waals surface area contributed by atoms with Gasteiger partial charge in [0.2, 0.25) is 10.0 Å². The van der Waals surface area contributed by atoms with Crippen molar-refractivity contribution >= 4 is 32.8 Å². The van der Waals surface area contributed by atoms with Crippen LogP contribution in [-0.4, -0.2) is 26.8 Å². The van der Waals surface area contributed by atoms with Crippen molar-refractivity contribution in [2.24, 2.45) is 0 Å². The fourth-order valence-electron chi connectivity index (χ4n) is 3.21. The zero-order valence-electron chi connectivity index (χ0n) is 15.7. The summed E-state index contributed by atoms with van der Waals surface area (Å²) in [6.45, 7) is 3.99. The molecule has 0 saturated carbocycles. The van der Waals surface area contributed by atoms with Gasteiger partial charge in [0.1, 0.15) is 5.76 Å². The Morgan fingerprint density at radius 3 is 2.62 bits per heavy atom. The number of ether oxygens (including phenoxy) is 1. The monoisotopic (exact) mass is 414 g/mol.